The Labute approximate surface area is 193 Å². The van der Waals surface area contributed by atoms with Gasteiger partial charge in [-0.05, 0) is 56.4 Å². The first kappa shape index (κ1) is 27.4. The second kappa shape index (κ2) is 11.5. The molecule has 0 unspecified atom stereocenters. The fourth-order valence-corrected chi connectivity index (χ4v) is 6.40. The molecular weight excluding hydrogens is 487 g/mol. The summed E-state index contributed by atoms with van der Waals surface area (Å²) in [7, 11) is -5.25. The van der Waals surface area contributed by atoms with Crippen LogP contribution in [-0.4, -0.2) is 31.1 Å². The van der Waals surface area contributed by atoms with E-state index >= 15 is 0 Å². The van der Waals surface area contributed by atoms with Crippen LogP contribution in [0.2, 0.25) is 0 Å². The molecule has 0 aromatic heterocycles. The number of benzene rings is 2. The summed E-state index contributed by atoms with van der Waals surface area (Å²) in [5.74, 6) is -8.91. The summed E-state index contributed by atoms with van der Waals surface area (Å²) in [5, 5.41) is 0. The van der Waals surface area contributed by atoms with Crippen molar-refractivity contribution in [2.24, 2.45) is 0 Å². The molecule has 0 amide bonds. The summed E-state index contributed by atoms with van der Waals surface area (Å²) in [4.78, 5) is -0.816. The van der Waals surface area contributed by atoms with E-state index in [2.05, 4.69) is 32.9 Å². The minimum Gasteiger partial charge on any atom is -0.744 e. The molecule has 33 heavy (non-hydrogen) atoms. The fourth-order valence-electron chi connectivity index (χ4n) is 3.32. The van der Waals surface area contributed by atoms with Crippen LogP contribution in [0.5, 0.6) is 5.75 Å². The molecule has 2 aromatic rings. The van der Waals surface area contributed by atoms with E-state index in [1.54, 1.807) is 4.90 Å². The molecule has 0 saturated carbocycles. The van der Waals surface area contributed by atoms with Crippen molar-refractivity contribution in [2.45, 2.75) is 56.2 Å². The number of ether oxygens (including phenoxy) is 1. The normalized spacial score (nSPS) is 14.2. The number of hydrogen-bond donors (Lipinski definition) is 0. The van der Waals surface area contributed by atoms with Gasteiger partial charge in [0.05, 0.1) is 6.61 Å². The molecule has 0 aliphatic carbocycles. The van der Waals surface area contributed by atoms with E-state index in [0.29, 0.717) is 10.9 Å². The minimum atomic E-state index is -5.77. The predicted molar refractivity (Wildman–Crippen MR) is 115 cm³/mol. The third kappa shape index (κ3) is 6.60. The number of unbranched alkanes of at least 4 members (excludes halogenated alkanes) is 1. The van der Waals surface area contributed by atoms with Gasteiger partial charge in [-0.3, -0.25) is 0 Å². The van der Waals surface area contributed by atoms with Crippen molar-refractivity contribution in [3.05, 3.63) is 52.3 Å². The molecule has 2 aromatic carbocycles. The summed E-state index contributed by atoms with van der Waals surface area (Å²) in [6, 6.07) is 4.73. The average molecular weight is 513 g/mol. The summed E-state index contributed by atoms with van der Waals surface area (Å²) >= 11 is 0. The Kier molecular flexibility index (Phi) is 9.57. The third-order valence-corrected chi connectivity index (χ3v) is 8.29. The van der Waals surface area contributed by atoms with Gasteiger partial charge in [-0.1, -0.05) is 13.3 Å². The molecule has 0 N–H and O–H groups in total. The summed E-state index contributed by atoms with van der Waals surface area (Å²) in [6.07, 6.45) is 5.16. The van der Waals surface area contributed by atoms with E-state index in [-0.39, 0.29) is 0 Å². The maximum atomic E-state index is 12.6. The largest absolute Gasteiger partial charge is 0.744 e. The molecule has 4 nitrogen and oxygen atoms in total. The zero-order valence-corrected chi connectivity index (χ0v) is 20.1. The van der Waals surface area contributed by atoms with Crippen molar-refractivity contribution in [1.82, 2.24) is 0 Å². The lowest BCUT2D eigenvalue weighted by molar-refractivity contribution is 0.305. The predicted octanol–water partition coefficient (Wildman–Crippen LogP) is 5.54. The second-order valence-corrected chi connectivity index (χ2v) is 11.1. The zero-order chi connectivity index (χ0) is 24.9. The van der Waals surface area contributed by atoms with E-state index < -0.39 is 44.1 Å². The Morgan fingerprint density at radius 2 is 1.36 bits per heavy atom. The van der Waals surface area contributed by atoms with Crippen molar-refractivity contribution < 1.29 is 39.7 Å². The molecule has 0 spiro atoms. The number of halogens is 5. The highest BCUT2D eigenvalue weighted by Crippen LogP contribution is 2.31. The van der Waals surface area contributed by atoms with Crippen molar-refractivity contribution in [2.75, 3.05) is 18.1 Å². The van der Waals surface area contributed by atoms with Crippen LogP contribution in [0.15, 0.2) is 21.9 Å². The van der Waals surface area contributed by atoms with Crippen LogP contribution in [0.4, 0.5) is 22.0 Å². The molecule has 3 rings (SSSR count). The monoisotopic (exact) mass is 512 g/mol. The van der Waals surface area contributed by atoms with Crippen LogP contribution in [0.3, 0.4) is 0 Å². The van der Waals surface area contributed by atoms with Gasteiger partial charge < -0.3 is 9.29 Å². The van der Waals surface area contributed by atoms with Crippen LogP contribution >= 0.6 is 0 Å². The van der Waals surface area contributed by atoms with Crippen LogP contribution in [0, 0.1) is 42.9 Å². The molecule has 1 aliphatic heterocycles. The molecule has 0 bridgehead atoms. The van der Waals surface area contributed by atoms with Gasteiger partial charge in [0.25, 0.3) is 0 Å². The van der Waals surface area contributed by atoms with Crippen molar-refractivity contribution in [1.29, 1.82) is 0 Å². The molecule has 0 atom stereocenters. The van der Waals surface area contributed by atoms with Gasteiger partial charge in [0.2, 0.25) is 5.82 Å². The van der Waals surface area contributed by atoms with E-state index in [9.17, 15) is 34.9 Å². The Balaban J connectivity index is 0.000000238. The van der Waals surface area contributed by atoms with Gasteiger partial charge in [0.1, 0.15) is 32.3 Å². The molecule has 184 valence electrons. The number of hydrogen-bond acceptors (Lipinski definition) is 4. The molecule has 1 saturated heterocycles. The van der Waals surface area contributed by atoms with Crippen LogP contribution in [0.1, 0.15) is 43.7 Å². The zero-order valence-electron chi connectivity index (χ0n) is 18.4. The second-order valence-electron chi connectivity index (χ2n) is 7.55. The van der Waals surface area contributed by atoms with Gasteiger partial charge in [0, 0.05) is 10.9 Å². The first-order valence-corrected chi connectivity index (χ1v) is 13.3. The Morgan fingerprint density at radius 1 is 0.909 bits per heavy atom. The van der Waals surface area contributed by atoms with Crippen LogP contribution < -0.4 is 4.74 Å². The quantitative estimate of drug-likeness (QED) is 0.127. The molecule has 1 heterocycles. The van der Waals surface area contributed by atoms with Gasteiger partial charge in [0.15, 0.2) is 28.2 Å². The van der Waals surface area contributed by atoms with Crippen molar-refractivity contribution >= 4 is 21.0 Å². The molecular formula is C22H25F5O4S2. The first-order valence-electron chi connectivity index (χ1n) is 10.3. The van der Waals surface area contributed by atoms with E-state index in [1.807, 2.05) is 0 Å². The minimum absolute atomic E-state index is 0.518. The molecule has 0 radical (unpaired) electrons. The lowest BCUT2D eigenvalue weighted by atomic mass is 10.1. The summed E-state index contributed by atoms with van der Waals surface area (Å²) in [6.45, 7) is 7.44. The molecule has 1 fully saturated rings. The maximum absolute atomic E-state index is 12.6. The first-order chi connectivity index (χ1) is 15.4. The highest BCUT2D eigenvalue weighted by molar-refractivity contribution is 7.97. The highest BCUT2D eigenvalue weighted by Gasteiger charge is 2.29. The number of rotatable bonds is 6. The van der Waals surface area contributed by atoms with Crippen molar-refractivity contribution in [3.8, 4) is 5.75 Å². The lowest BCUT2D eigenvalue weighted by Crippen LogP contribution is -2.12. The average Bonchev–Trinajstić information content (AvgIpc) is 3.27. The lowest BCUT2D eigenvalue weighted by Gasteiger charge is -2.13. The van der Waals surface area contributed by atoms with E-state index in [4.69, 9.17) is 4.74 Å². The summed E-state index contributed by atoms with van der Waals surface area (Å²) < 4.78 is 98.8. The van der Waals surface area contributed by atoms with Crippen molar-refractivity contribution in [3.63, 3.8) is 0 Å². The van der Waals surface area contributed by atoms with Gasteiger partial charge >= 0.3 is 0 Å². The Bertz CT molecular complexity index is 1050. The van der Waals surface area contributed by atoms with Crippen LogP contribution in [-0.2, 0) is 21.0 Å². The smallest absolute Gasteiger partial charge is 0.200 e. The fraction of sp³-hybridized carbons (Fsp3) is 0.455. The molecule has 11 heteroatoms. The summed E-state index contributed by atoms with van der Waals surface area (Å²) in [5.41, 5.74) is 2.64. The molecule has 1 aliphatic rings. The highest BCUT2D eigenvalue weighted by atomic mass is 32.2. The van der Waals surface area contributed by atoms with E-state index in [1.165, 1.54) is 41.9 Å². The maximum Gasteiger partial charge on any atom is 0.200 e. The Hall–Kier alpha value is -1.85. The van der Waals surface area contributed by atoms with Crippen LogP contribution in [0.25, 0.3) is 0 Å². The van der Waals surface area contributed by atoms with Gasteiger partial charge in [-0.25, -0.2) is 30.4 Å². The standard InChI is InChI=1S/C16H25OS.C6HF5O3S/c1-4-5-8-17-16-13(2)11-15(12-14(16)3)18-9-6-7-10-18;7-1-2(8)4(10)6(15(12,13)14)5(11)3(1)9/h11-12H,4-10H2,1-3H3;(H,12,13,14)/q+1;/p-1. The number of aryl methyl sites for hydroxylation is 2. The van der Waals surface area contributed by atoms with Gasteiger partial charge in [-0.15, -0.1) is 0 Å². The van der Waals surface area contributed by atoms with E-state index in [0.717, 1.165) is 18.8 Å². The third-order valence-electron chi connectivity index (χ3n) is 4.96. The van der Waals surface area contributed by atoms with Gasteiger partial charge in [-0.2, -0.15) is 0 Å². The SMILES string of the molecule is CCCCOc1c(C)cc([S+]2CCCC2)cc1C.O=S(=O)([O-])c1c(F)c(F)c(F)c(F)c1F. The Morgan fingerprint density at radius 3 is 1.79 bits per heavy atom. The topological polar surface area (TPSA) is 66.4 Å².